The minimum atomic E-state index is -4.12. The maximum atomic E-state index is 12.7. The number of aromatic amines is 1. The summed E-state index contributed by atoms with van der Waals surface area (Å²) < 4.78 is 27.7. The van der Waals surface area contributed by atoms with E-state index in [1.165, 1.54) is 43.5 Å². The van der Waals surface area contributed by atoms with Gasteiger partial charge in [0.15, 0.2) is 5.96 Å². The Hall–Kier alpha value is -3.67. The zero-order chi connectivity index (χ0) is 23.0. The molecule has 166 valence electrons. The molecule has 2 aromatic rings. The number of H-pyrrole nitrogens is 1. The average molecular weight is 449 g/mol. The van der Waals surface area contributed by atoms with E-state index in [0.717, 1.165) is 4.90 Å². The second-order valence-electron chi connectivity index (χ2n) is 6.53. The number of anilines is 2. The number of nitrogens with zero attached hydrogens (tertiary/aromatic N) is 2. The van der Waals surface area contributed by atoms with Crippen molar-refractivity contribution >= 4 is 39.6 Å². The molecule has 0 saturated carbocycles. The molecular formula is C19H24N6O5S. The Balaban J connectivity index is 2.44. The molecule has 0 aliphatic heterocycles. The predicted molar refractivity (Wildman–Crippen MR) is 117 cm³/mol. The van der Waals surface area contributed by atoms with Crippen LogP contribution in [0.2, 0.25) is 0 Å². The molecule has 0 fully saturated rings. The van der Waals surface area contributed by atoms with Crippen molar-refractivity contribution < 1.29 is 18.0 Å². The Morgan fingerprint density at radius 2 is 1.94 bits per heavy atom. The minimum Gasteiger partial charge on any atom is -0.370 e. The molecular weight excluding hydrogens is 424 g/mol. The minimum absolute atomic E-state index is 0.0466. The topological polar surface area (TPSA) is 181 Å². The number of aromatic nitrogens is 1. The van der Waals surface area contributed by atoms with Gasteiger partial charge in [0.2, 0.25) is 5.91 Å². The number of carbonyl (C=O) groups excluding carboxylic acids is 2. The van der Waals surface area contributed by atoms with Crippen molar-refractivity contribution in [1.82, 2.24) is 4.98 Å². The molecule has 0 unspecified atom stereocenters. The monoisotopic (exact) mass is 448 g/mol. The van der Waals surface area contributed by atoms with Crippen LogP contribution in [-0.2, 0) is 19.6 Å². The number of hydrogen-bond donors (Lipinski definition) is 4. The Morgan fingerprint density at radius 3 is 2.52 bits per heavy atom. The van der Waals surface area contributed by atoms with Crippen LogP contribution in [-0.4, -0.2) is 44.1 Å². The number of aliphatic imine (C=N–C) groups is 1. The molecule has 0 aliphatic rings. The third kappa shape index (κ3) is 6.15. The molecule has 0 spiro atoms. The van der Waals surface area contributed by atoms with Crippen molar-refractivity contribution in [2.45, 2.75) is 30.7 Å². The van der Waals surface area contributed by atoms with Gasteiger partial charge in [0.25, 0.3) is 15.6 Å². The molecule has 2 rings (SSSR count). The molecule has 0 saturated heterocycles. The highest BCUT2D eigenvalue weighted by Crippen LogP contribution is 2.27. The van der Waals surface area contributed by atoms with Crippen LogP contribution in [0.3, 0.4) is 0 Å². The van der Waals surface area contributed by atoms with Gasteiger partial charge >= 0.3 is 0 Å². The van der Waals surface area contributed by atoms with E-state index >= 15 is 0 Å². The maximum absolute atomic E-state index is 12.7. The summed E-state index contributed by atoms with van der Waals surface area (Å²) in [6.07, 6.45) is 2.37. The zero-order valence-corrected chi connectivity index (χ0v) is 17.6. The number of carbonyl (C=O) groups is 2. The largest absolute Gasteiger partial charge is 0.370 e. The van der Waals surface area contributed by atoms with Crippen LogP contribution < -0.4 is 26.6 Å². The number of benzene rings is 1. The van der Waals surface area contributed by atoms with Crippen LogP contribution in [0, 0.1) is 0 Å². The smallest absolute Gasteiger partial charge is 0.274 e. The fraction of sp³-hybridized carbons (Fsp3) is 0.263. The highest BCUT2D eigenvalue weighted by molar-refractivity contribution is 7.92. The first-order valence-corrected chi connectivity index (χ1v) is 10.8. The van der Waals surface area contributed by atoms with Gasteiger partial charge in [-0.2, -0.15) is 0 Å². The number of nitrogens with one attached hydrogen (secondary N) is 2. The fourth-order valence-corrected chi connectivity index (χ4v) is 4.01. The molecule has 1 atom stereocenters. The quantitative estimate of drug-likeness (QED) is 0.173. The molecule has 0 aliphatic carbocycles. The van der Waals surface area contributed by atoms with Crippen molar-refractivity contribution in [2.24, 2.45) is 16.5 Å². The second kappa shape index (κ2) is 10.4. The molecule has 1 aromatic heterocycles. The summed E-state index contributed by atoms with van der Waals surface area (Å²) >= 11 is 0. The third-order valence-electron chi connectivity index (χ3n) is 4.27. The molecule has 11 nitrogen and oxygen atoms in total. The van der Waals surface area contributed by atoms with Crippen molar-refractivity contribution in [3.63, 3.8) is 0 Å². The van der Waals surface area contributed by atoms with E-state index < -0.39 is 27.5 Å². The summed E-state index contributed by atoms with van der Waals surface area (Å²) in [6.45, 7) is 1.45. The van der Waals surface area contributed by atoms with Crippen LogP contribution in [0.25, 0.3) is 0 Å². The van der Waals surface area contributed by atoms with Crippen molar-refractivity contribution in [3.8, 4) is 0 Å². The van der Waals surface area contributed by atoms with E-state index in [0.29, 0.717) is 12.7 Å². The molecule has 12 heteroatoms. The number of sulfonamides is 1. The predicted octanol–water partition coefficient (Wildman–Crippen LogP) is 0.150. The van der Waals surface area contributed by atoms with E-state index in [2.05, 4.69) is 14.7 Å². The van der Waals surface area contributed by atoms with Crippen molar-refractivity contribution in [2.75, 3.05) is 16.2 Å². The van der Waals surface area contributed by atoms with Gasteiger partial charge in [-0.1, -0.05) is 18.2 Å². The van der Waals surface area contributed by atoms with Crippen LogP contribution in [0.5, 0.6) is 0 Å². The number of pyridine rings is 1. The molecule has 1 amide bonds. The van der Waals surface area contributed by atoms with Crippen molar-refractivity contribution in [1.29, 1.82) is 0 Å². The molecule has 0 radical (unpaired) electrons. The number of hydrogen-bond acceptors (Lipinski definition) is 6. The summed E-state index contributed by atoms with van der Waals surface area (Å²) in [5.74, 6) is -0.650. The van der Waals surface area contributed by atoms with Gasteiger partial charge in [0.05, 0.1) is 16.6 Å². The first kappa shape index (κ1) is 23.6. The Labute approximate surface area is 179 Å². The van der Waals surface area contributed by atoms with E-state index in [4.69, 9.17) is 11.5 Å². The first-order valence-electron chi connectivity index (χ1n) is 9.27. The number of guanidine groups is 1. The van der Waals surface area contributed by atoms with Gasteiger partial charge in [0.1, 0.15) is 12.0 Å². The normalized spacial score (nSPS) is 11.9. The van der Waals surface area contributed by atoms with Crippen LogP contribution in [0.15, 0.2) is 57.3 Å². The van der Waals surface area contributed by atoms with E-state index in [9.17, 15) is 22.8 Å². The number of rotatable bonds is 10. The summed E-state index contributed by atoms with van der Waals surface area (Å²) in [5, 5.41) is 0. The summed E-state index contributed by atoms with van der Waals surface area (Å²) in [4.78, 5) is 43.8. The van der Waals surface area contributed by atoms with Gasteiger partial charge in [-0.15, -0.1) is 0 Å². The summed E-state index contributed by atoms with van der Waals surface area (Å²) in [5.41, 5.74) is 9.36. The number of aldehydes is 1. The van der Waals surface area contributed by atoms with Crippen LogP contribution in [0.1, 0.15) is 19.8 Å². The number of amides is 1. The Kier molecular flexibility index (Phi) is 7.91. The van der Waals surface area contributed by atoms with E-state index in [1.54, 1.807) is 6.07 Å². The SMILES string of the molecule is CC(=O)N(c1cc[nH]c(=O)c1NS(=O)(=O)c1ccccc1)[C@H](C=O)CCCN=C(N)N. The van der Waals surface area contributed by atoms with Crippen LogP contribution >= 0.6 is 0 Å². The summed E-state index contributed by atoms with van der Waals surface area (Å²) in [7, 11) is -4.12. The molecule has 1 aromatic carbocycles. The molecule has 6 N–H and O–H groups in total. The lowest BCUT2D eigenvalue weighted by molar-refractivity contribution is -0.119. The zero-order valence-electron chi connectivity index (χ0n) is 16.8. The van der Waals surface area contributed by atoms with Gasteiger partial charge in [-0.05, 0) is 31.0 Å². The Morgan fingerprint density at radius 1 is 1.26 bits per heavy atom. The van der Waals surface area contributed by atoms with Gasteiger partial charge in [-0.25, -0.2) is 8.42 Å². The van der Waals surface area contributed by atoms with Crippen molar-refractivity contribution in [3.05, 3.63) is 52.9 Å². The lowest BCUT2D eigenvalue weighted by atomic mass is 10.1. The van der Waals surface area contributed by atoms with Gasteiger partial charge < -0.3 is 26.1 Å². The van der Waals surface area contributed by atoms with Crippen LogP contribution in [0.4, 0.5) is 11.4 Å². The lowest BCUT2D eigenvalue weighted by Crippen LogP contribution is -2.41. The fourth-order valence-electron chi connectivity index (χ4n) is 2.91. The molecule has 0 bridgehead atoms. The highest BCUT2D eigenvalue weighted by atomic mass is 32.2. The van der Waals surface area contributed by atoms with Gasteiger partial charge in [-0.3, -0.25) is 19.3 Å². The average Bonchev–Trinajstić information content (AvgIpc) is 2.72. The standard InChI is InChI=1S/C19H24N6O5S/c1-13(27)25(14(12-26)6-5-10-23-19(20)21)16-9-11-22-18(28)17(16)24-31(29,30)15-7-3-2-4-8-15/h2-4,7-9,11-12,14,24H,5-6,10H2,1H3,(H,22,28)(H4,20,21,23)/t14-/m0/s1. The third-order valence-corrected chi connectivity index (χ3v) is 5.63. The Bertz CT molecular complexity index is 1110. The summed E-state index contributed by atoms with van der Waals surface area (Å²) in [6, 6.07) is 7.82. The molecule has 31 heavy (non-hydrogen) atoms. The maximum Gasteiger partial charge on any atom is 0.274 e. The van der Waals surface area contributed by atoms with Gasteiger partial charge in [0, 0.05) is 19.7 Å². The highest BCUT2D eigenvalue weighted by Gasteiger charge is 2.27. The molecule has 1 heterocycles. The number of nitrogens with two attached hydrogens (primary N) is 2. The van der Waals surface area contributed by atoms with E-state index in [-0.39, 0.29) is 35.2 Å². The second-order valence-corrected chi connectivity index (χ2v) is 8.21. The van der Waals surface area contributed by atoms with E-state index in [1.807, 2.05) is 0 Å². The first-order chi connectivity index (χ1) is 14.7. The lowest BCUT2D eigenvalue weighted by Gasteiger charge is -2.28.